The number of nitrogens with zero attached hydrogens (tertiary/aromatic N) is 1. The van der Waals surface area contributed by atoms with Crippen molar-refractivity contribution in [3.8, 4) is 0 Å². The highest BCUT2D eigenvalue weighted by Crippen LogP contribution is 2.17. The van der Waals surface area contributed by atoms with E-state index in [0.29, 0.717) is 13.0 Å². The number of carbonyl (C=O) groups excluding carboxylic acids is 3. The van der Waals surface area contributed by atoms with Crippen LogP contribution in [-0.2, 0) is 14.4 Å². The maximum absolute atomic E-state index is 11.8. The minimum absolute atomic E-state index is 0.234. The van der Waals surface area contributed by atoms with E-state index in [9.17, 15) is 14.4 Å². The number of nitrogens with one attached hydrogen (secondary N) is 2. The second-order valence-corrected chi connectivity index (χ2v) is 3.82. The van der Waals surface area contributed by atoms with Crippen molar-refractivity contribution in [3.63, 3.8) is 0 Å². The van der Waals surface area contributed by atoms with Crippen molar-refractivity contribution in [3.05, 3.63) is 0 Å². The first-order valence-corrected chi connectivity index (χ1v) is 5.62. The third-order valence-corrected chi connectivity index (χ3v) is 2.69. The van der Waals surface area contributed by atoms with E-state index in [4.69, 9.17) is 5.73 Å². The molecule has 0 radical (unpaired) electrons. The number of rotatable bonds is 3. The van der Waals surface area contributed by atoms with Crippen molar-refractivity contribution in [1.29, 1.82) is 0 Å². The molecule has 1 unspecified atom stereocenters. The highest BCUT2D eigenvalue weighted by atomic mass is 16.2. The maximum atomic E-state index is 11.8. The van der Waals surface area contributed by atoms with Crippen molar-refractivity contribution >= 4 is 17.7 Å². The van der Waals surface area contributed by atoms with Crippen molar-refractivity contribution < 1.29 is 14.4 Å². The van der Waals surface area contributed by atoms with E-state index in [0.717, 1.165) is 6.42 Å². The Kier molecular flexibility index (Phi) is 4.89. The van der Waals surface area contributed by atoms with Crippen LogP contribution in [0.2, 0.25) is 0 Å². The van der Waals surface area contributed by atoms with Gasteiger partial charge in [0.2, 0.25) is 5.91 Å². The lowest BCUT2D eigenvalue weighted by Crippen LogP contribution is -2.50. The molecule has 17 heavy (non-hydrogen) atoms. The predicted octanol–water partition coefficient (Wildman–Crippen LogP) is -2.20. The lowest BCUT2D eigenvalue weighted by atomic mass is 10.2. The lowest BCUT2D eigenvalue weighted by molar-refractivity contribution is -0.148. The molecule has 3 amide bonds. The van der Waals surface area contributed by atoms with Crippen molar-refractivity contribution in [2.45, 2.75) is 18.9 Å². The molecule has 1 fully saturated rings. The first kappa shape index (κ1) is 13.4. The molecular formula is C10H18N4O3. The molecule has 1 aliphatic heterocycles. The summed E-state index contributed by atoms with van der Waals surface area (Å²) in [5.41, 5.74) is 5.22. The van der Waals surface area contributed by atoms with Crippen molar-refractivity contribution in [2.75, 3.05) is 26.7 Å². The maximum Gasteiger partial charge on any atom is 0.312 e. The third kappa shape index (κ3) is 3.16. The molecule has 0 saturated carbocycles. The second-order valence-electron chi connectivity index (χ2n) is 3.82. The van der Waals surface area contributed by atoms with Gasteiger partial charge in [-0.1, -0.05) is 0 Å². The Morgan fingerprint density at radius 1 is 1.41 bits per heavy atom. The van der Waals surface area contributed by atoms with Gasteiger partial charge < -0.3 is 21.3 Å². The van der Waals surface area contributed by atoms with Crippen LogP contribution in [-0.4, -0.2) is 55.3 Å². The number of amides is 3. The topological polar surface area (TPSA) is 105 Å². The zero-order valence-corrected chi connectivity index (χ0v) is 9.86. The number of hydrogen-bond acceptors (Lipinski definition) is 4. The standard InChI is InChI=1S/C10H18N4O3/c1-12-8(15)7-3-2-6-14(7)10(17)9(16)13-5-4-11/h7H,2-6,11H2,1H3,(H,12,15)(H,13,16). The first-order valence-electron chi connectivity index (χ1n) is 5.62. The van der Waals surface area contributed by atoms with Crippen molar-refractivity contribution in [1.82, 2.24) is 15.5 Å². The number of hydrogen-bond donors (Lipinski definition) is 3. The quantitative estimate of drug-likeness (QED) is 0.488. The van der Waals surface area contributed by atoms with Crippen LogP contribution in [0.15, 0.2) is 0 Å². The highest BCUT2D eigenvalue weighted by molar-refractivity contribution is 6.35. The Balaban J connectivity index is 2.61. The summed E-state index contributed by atoms with van der Waals surface area (Å²) in [6.45, 7) is 0.966. The third-order valence-electron chi connectivity index (χ3n) is 2.69. The normalized spacial score (nSPS) is 18.9. The first-order chi connectivity index (χ1) is 8.11. The van der Waals surface area contributed by atoms with Gasteiger partial charge in [-0.25, -0.2) is 0 Å². The van der Waals surface area contributed by atoms with Gasteiger partial charge in [-0.3, -0.25) is 14.4 Å². The van der Waals surface area contributed by atoms with Gasteiger partial charge in [0.25, 0.3) is 0 Å². The Morgan fingerprint density at radius 3 is 2.71 bits per heavy atom. The number of carbonyl (C=O) groups is 3. The molecule has 0 bridgehead atoms. The largest absolute Gasteiger partial charge is 0.357 e. The second kappa shape index (κ2) is 6.19. The Morgan fingerprint density at radius 2 is 2.12 bits per heavy atom. The molecule has 7 nitrogen and oxygen atoms in total. The van der Waals surface area contributed by atoms with Crippen LogP contribution < -0.4 is 16.4 Å². The molecule has 7 heteroatoms. The Bertz CT molecular complexity index is 319. The van der Waals surface area contributed by atoms with E-state index in [1.165, 1.54) is 11.9 Å². The molecule has 4 N–H and O–H groups in total. The fraction of sp³-hybridized carbons (Fsp3) is 0.700. The summed E-state index contributed by atoms with van der Waals surface area (Å²) in [6, 6.07) is -0.531. The average molecular weight is 242 g/mol. The summed E-state index contributed by atoms with van der Waals surface area (Å²) >= 11 is 0. The molecule has 1 heterocycles. The number of likely N-dealkylation sites (tertiary alicyclic amines) is 1. The summed E-state index contributed by atoms with van der Waals surface area (Å²) in [5, 5.41) is 4.89. The molecule has 0 aromatic rings. The summed E-state index contributed by atoms with van der Waals surface area (Å²) in [6.07, 6.45) is 1.32. The lowest BCUT2D eigenvalue weighted by Gasteiger charge is -2.22. The van der Waals surface area contributed by atoms with Crippen LogP contribution in [0.5, 0.6) is 0 Å². The molecule has 1 saturated heterocycles. The van der Waals surface area contributed by atoms with Crippen LogP contribution in [0.4, 0.5) is 0 Å². The fourth-order valence-electron chi connectivity index (χ4n) is 1.84. The summed E-state index contributed by atoms with van der Waals surface area (Å²) in [7, 11) is 1.51. The van der Waals surface area contributed by atoms with Gasteiger partial charge in [0.05, 0.1) is 0 Å². The van der Waals surface area contributed by atoms with Crippen LogP contribution in [0.3, 0.4) is 0 Å². The van der Waals surface area contributed by atoms with Gasteiger partial charge in [0.1, 0.15) is 6.04 Å². The van der Waals surface area contributed by atoms with Gasteiger partial charge in [0, 0.05) is 26.7 Å². The fourth-order valence-corrected chi connectivity index (χ4v) is 1.84. The number of likely N-dealkylation sites (N-methyl/N-ethyl adjacent to an activating group) is 1. The molecule has 1 rings (SSSR count). The minimum atomic E-state index is -0.703. The van der Waals surface area contributed by atoms with Crippen molar-refractivity contribution in [2.24, 2.45) is 5.73 Å². The number of nitrogens with two attached hydrogens (primary N) is 1. The monoisotopic (exact) mass is 242 g/mol. The van der Waals surface area contributed by atoms with Crippen LogP contribution >= 0.6 is 0 Å². The molecule has 0 aromatic carbocycles. The molecule has 1 atom stereocenters. The zero-order valence-electron chi connectivity index (χ0n) is 9.86. The zero-order chi connectivity index (χ0) is 12.8. The summed E-state index contributed by atoms with van der Waals surface area (Å²) in [4.78, 5) is 36.0. The SMILES string of the molecule is CNC(=O)C1CCCN1C(=O)C(=O)NCCN. The molecular weight excluding hydrogens is 224 g/mol. The van der Waals surface area contributed by atoms with Gasteiger partial charge in [-0.05, 0) is 12.8 Å². The Hall–Kier alpha value is -1.63. The molecule has 96 valence electrons. The van der Waals surface area contributed by atoms with Gasteiger partial charge in [-0.2, -0.15) is 0 Å². The van der Waals surface area contributed by atoms with Crippen LogP contribution in [0.1, 0.15) is 12.8 Å². The minimum Gasteiger partial charge on any atom is -0.357 e. The van der Waals surface area contributed by atoms with Gasteiger partial charge >= 0.3 is 11.8 Å². The smallest absolute Gasteiger partial charge is 0.312 e. The van der Waals surface area contributed by atoms with Crippen LogP contribution in [0.25, 0.3) is 0 Å². The molecule has 0 aliphatic carbocycles. The van der Waals surface area contributed by atoms with Gasteiger partial charge in [0.15, 0.2) is 0 Å². The van der Waals surface area contributed by atoms with E-state index in [1.807, 2.05) is 0 Å². The van der Waals surface area contributed by atoms with E-state index >= 15 is 0 Å². The average Bonchev–Trinajstić information content (AvgIpc) is 2.82. The Labute approximate surface area is 99.7 Å². The summed E-state index contributed by atoms with van der Waals surface area (Å²) < 4.78 is 0. The van der Waals surface area contributed by atoms with E-state index < -0.39 is 17.9 Å². The van der Waals surface area contributed by atoms with Gasteiger partial charge in [-0.15, -0.1) is 0 Å². The van der Waals surface area contributed by atoms with E-state index in [1.54, 1.807) is 0 Å². The molecule has 0 spiro atoms. The van der Waals surface area contributed by atoms with Crippen LogP contribution in [0, 0.1) is 0 Å². The van der Waals surface area contributed by atoms with E-state index in [-0.39, 0.29) is 19.0 Å². The summed E-state index contributed by atoms with van der Waals surface area (Å²) in [5.74, 6) is -1.60. The van der Waals surface area contributed by atoms with E-state index in [2.05, 4.69) is 10.6 Å². The molecule has 0 aromatic heterocycles. The molecule has 1 aliphatic rings. The highest BCUT2D eigenvalue weighted by Gasteiger charge is 2.36. The predicted molar refractivity (Wildman–Crippen MR) is 60.9 cm³/mol.